The topological polar surface area (TPSA) is 44.1 Å². The van der Waals surface area contributed by atoms with Gasteiger partial charge in [-0.15, -0.1) is 0 Å². The molecule has 0 saturated carbocycles. The fraction of sp³-hybridized carbons (Fsp3) is 0.333. The van der Waals surface area contributed by atoms with Crippen molar-refractivity contribution in [3.8, 4) is 6.07 Å². The molecule has 1 aromatic rings. The van der Waals surface area contributed by atoms with Crippen LogP contribution in [0.2, 0.25) is 0 Å². The molecule has 1 heterocycles. The van der Waals surface area contributed by atoms with Crippen LogP contribution in [0.1, 0.15) is 34.8 Å². The quantitative estimate of drug-likeness (QED) is 0.732. The number of carbonyl (C=O) groups excluding carboxylic acids is 1. The molecule has 0 radical (unpaired) electrons. The van der Waals surface area contributed by atoms with E-state index in [-0.39, 0.29) is 5.91 Å². The first-order valence-corrected chi connectivity index (χ1v) is 5.08. The lowest BCUT2D eigenvalue weighted by atomic mass is 10.1. The van der Waals surface area contributed by atoms with Crippen molar-refractivity contribution in [1.82, 2.24) is 4.90 Å². The maximum Gasteiger partial charge on any atom is 0.254 e. The Balaban J connectivity index is 2.33. The molecule has 0 saturated heterocycles. The molecule has 1 aliphatic rings. The van der Waals surface area contributed by atoms with Gasteiger partial charge < -0.3 is 4.90 Å². The van der Waals surface area contributed by atoms with Crippen molar-refractivity contribution in [2.24, 2.45) is 0 Å². The molecule has 0 unspecified atom stereocenters. The van der Waals surface area contributed by atoms with E-state index in [1.807, 2.05) is 11.0 Å². The van der Waals surface area contributed by atoms with Gasteiger partial charge in [-0.2, -0.15) is 5.26 Å². The van der Waals surface area contributed by atoms with E-state index in [4.69, 9.17) is 5.26 Å². The van der Waals surface area contributed by atoms with Crippen LogP contribution < -0.4 is 0 Å². The van der Waals surface area contributed by atoms with Crippen LogP contribution in [0.25, 0.3) is 0 Å². The summed E-state index contributed by atoms with van der Waals surface area (Å²) in [5.41, 5.74) is 2.36. The minimum atomic E-state index is 0.0938. The lowest BCUT2D eigenvalue weighted by molar-refractivity contribution is 0.0778. The highest BCUT2D eigenvalue weighted by atomic mass is 16.2. The Kier molecular flexibility index (Phi) is 2.42. The van der Waals surface area contributed by atoms with Gasteiger partial charge in [-0.3, -0.25) is 4.79 Å². The van der Waals surface area contributed by atoms with Crippen LogP contribution in [0.3, 0.4) is 0 Å². The third kappa shape index (κ3) is 1.59. The first kappa shape index (κ1) is 9.72. The number of hydrogen-bond acceptors (Lipinski definition) is 2. The second kappa shape index (κ2) is 3.74. The summed E-state index contributed by atoms with van der Waals surface area (Å²) in [6, 6.07) is 7.35. The summed E-state index contributed by atoms with van der Waals surface area (Å²) in [4.78, 5) is 13.7. The van der Waals surface area contributed by atoms with Gasteiger partial charge in [0.2, 0.25) is 0 Å². The maximum absolute atomic E-state index is 11.8. The molecule has 1 amide bonds. The van der Waals surface area contributed by atoms with E-state index in [9.17, 15) is 4.79 Å². The highest BCUT2D eigenvalue weighted by Crippen LogP contribution is 2.23. The van der Waals surface area contributed by atoms with Gasteiger partial charge in [-0.25, -0.2) is 0 Å². The smallest absolute Gasteiger partial charge is 0.254 e. The van der Waals surface area contributed by atoms with E-state index in [0.717, 1.165) is 24.1 Å². The molecule has 1 aromatic carbocycles. The number of hydrogen-bond donors (Lipinski definition) is 0. The molecule has 0 bridgehead atoms. The van der Waals surface area contributed by atoms with Crippen molar-refractivity contribution in [2.75, 3.05) is 6.54 Å². The van der Waals surface area contributed by atoms with Gasteiger partial charge in [-0.05, 0) is 30.2 Å². The molecule has 0 aromatic heterocycles. The molecule has 3 heteroatoms. The highest BCUT2D eigenvalue weighted by Gasteiger charge is 2.26. The van der Waals surface area contributed by atoms with Crippen LogP contribution in [-0.2, 0) is 6.54 Å². The van der Waals surface area contributed by atoms with Crippen LogP contribution in [0.15, 0.2) is 18.2 Å². The summed E-state index contributed by atoms with van der Waals surface area (Å²) in [5.74, 6) is 0.0938. The van der Waals surface area contributed by atoms with Crippen LogP contribution in [0.4, 0.5) is 0 Å². The lowest BCUT2D eigenvalue weighted by Crippen LogP contribution is -2.24. The number of nitriles is 1. The van der Waals surface area contributed by atoms with E-state index < -0.39 is 0 Å². The summed E-state index contributed by atoms with van der Waals surface area (Å²) < 4.78 is 0. The van der Waals surface area contributed by atoms with Gasteiger partial charge in [0.25, 0.3) is 5.91 Å². The van der Waals surface area contributed by atoms with Gasteiger partial charge in [-0.1, -0.05) is 6.92 Å². The zero-order valence-corrected chi connectivity index (χ0v) is 8.66. The molecule has 0 fully saturated rings. The van der Waals surface area contributed by atoms with Crippen molar-refractivity contribution in [2.45, 2.75) is 19.9 Å². The van der Waals surface area contributed by atoms with E-state index in [2.05, 4.69) is 13.0 Å². The number of carbonyl (C=O) groups is 1. The molecule has 76 valence electrons. The number of fused-ring (bicyclic) bond motifs is 1. The lowest BCUT2D eigenvalue weighted by Gasteiger charge is -2.13. The van der Waals surface area contributed by atoms with E-state index >= 15 is 0 Å². The van der Waals surface area contributed by atoms with Crippen LogP contribution >= 0.6 is 0 Å². The fourth-order valence-corrected chi connectivity index (χ4v) is 1.90. The normalized spacial score (nSPS) is 13.9. The standard InChI is InChI=1S/C12H12N2O/c1-2-5-14-8-10-6-9(7-13)3-4-11(10)12(14)15/h3-4,6H,2,5,8H2,1H3. The molecule has 3 nitrogen and oxygen atoms in total. The van der Waals surface area contributed by atoms with Gasteiger partial charge >= 0.3 is 0 Å². The Labute approximate surface area is 88.9 Å². The Hall–Kier alpha value is -1.82. The van der Waals surface area contributed by atoms with Crippen molar-refractivity contribution >= 4 is 5.91 Å². The zero-order chi connectivity index (χ0) is 10.8. The molecular formula is C12H12N2O. The summed E-state index contributed by atoms with van der Waals surface area (Å²) >= 11 is 0. The summed E-state index contributed by atoms with van der Waals surface area (Å²) in [7, 11) is 0. The Morgan fingerprint density at radius 2 is 2.33 bits per heavy atom. The third-order valence-corrected chi connectivity index (χ3v) is 2.61. The number of benzene rings is 1. The van der Waals surface area contributed by atoms with Crippen molar-refractivity contribution < 1.29 is 4.79 Å². The minimum Gasteiger partial charge on any atom is -0.334 e. The fourth-order valence-electron chi connectivity index (χ4n) is 1.90. The monoisotopic (exact) mass is 200 g/mol. The Morgan fingerprint density at radius 1 is 1.53 bits per heavy atom. The van der Waals surface area contributed by atoms with Gasteiger partial charge in [0.05, 0.1) is 11.6 Å². The van der Waals surface area contributed by atoms with Crippen molar-refractivity contribution in [3.05, 3.63) is 34.9 Å². The third-order valence-electron chi connectivity index (χ3n) is 2.61. The molecule has 0 N–H and O–H groups in total. The second-order valence-corrected chi connectivity index (χ2v) is 3.71. The minimum absolute atomic E-state index is 0.0938. The van der Waals surface area contributed by atoms with Crippen LogP contribution in [-0.4, -0.2) is 17.4 Å². The molecule has 15 heavy (non-hydrogen) atoms. The molecule has 0 spiro atoms. The number of nitrogens with zero attached hydrogens (tertiary/aromatic N) is 2. The van der Waals surface area contributed by atoms with Gasteiger partial charge in [0, 0.05) is 18.7 Å². The summed E-state index contributed by atoms with van der Waals surface area (Å²) in [6.45, 7) is 3.49. The van der Waals surface area contributed by atoms with Crippen LogP contribution in [0.5, 0.6) is 0 Å². The Bertz CT molecular complexity index is 445. The summed E-state index contributed by atoms with van der Waals surface area (Å²) in [6.07, 6.45) is 0.963. The largest absolute Gasteiger partial charge is 0.334 e. The second-order valence-electron chi connectivity index (χ2n) is 3.71. The average Bonchev–Trinajstić information content (AvgIpc) is 2.56. The van der Waals surface area contributed by atoms with Crippen molar-refractivity contribution in [3.63, 3.8) is 0 Å². The van der Waals surface area contributed by atoms with E-state index in [0.29, 0.717) is 12.1 Å². The average molecular weight is 200 g/mol. The number of rotatable bonds is 2. The SMILES string of the molecule is CCCN1Cc2cc(C#N)ccc2C1=O. The first-order chi connectivity index (χ1) is 7.26. The number of amides is 1. The zero-order valence-electron chi connectivity index (χ0n) is 8.66. The maximum atomic E-state index is 11.8. The van der Waals surface area contributed by atoms with Crippen molar-refractivity contribution in [1.29, 1.82) is 5.26 Å². The predicted molar refractivity (Wildman–Crippen MR) is 56.2 cm³/mol. The molecule has 1 aliphatic heterocycles. The first-order valence-electron chi connectivity index (χ1n) is 5.08. The van der Waals surface area contributed by atoms with Gasteiger partial charge in [0.1, 0.15) is 0 Å². The molecule has 2 rings (SSSR count). The molecule has 0 atom stereocenters. The van der Waals surface area contributed by atoms with E-state index in [1.165, 1.54) is 0 Å². The Morgan fingerprint density at radius 3 is 3.00 bits per heavy atom. The molecule has 0 aliphatic carbocycles. The summed E-state index contributed by atoms with van der Waals surface area (Å²) in [5, 5.41) is 8.76. The van der Waals surface area contributed by atoms with Gasteiger partial charge in [0.15, 0.2) is 0 Å². The highest BCUT2D eigenvalue weighted by molar-refractivity contribution is 5.98. The molecular weight excluding hydrogens is 188 g/mol. The van der Waals surface area contributed by atoms with E-state index in [1.54, 1.807) is 12.1 Å². The van der Waals surface area contributed by atoms with Crippen LogP contribution in [0, 0.1) is 11.3 Å². The predicted octanol–water partition coefficient (Wildman–Crippen LogP) is 1.92.